The topological polar surface area (TPSA) is 30.9 Å². The highest BCUT2D eigenvalue weighted by Crippen LogP contribution is 2.35. The minimum Gasteiger partial charge on any atom is -0.349 e. The van der Waals surface area contributed by atoms with Gasteiger partial charge in [0, 0.05) is 24.5 Å². The molecule has 2 nitrogen and oxygen atoms in total. The molecule has 0 saturated heterocycles. The average molecular weight is 305 g/mol. The van der Waals surface area contributed by atoms with E-state index in [0.717, 1.165) is 12.8 Å². The molecular formula is C20H36N2. The molecule has 2 unspecified atom stereocenters. The van der Waals surface area contributed by atoms with Gasteiger partial charge in [0.05, 0.1) is 0 Å². The van der Waals surface area contributed by atoms with Gasteiger partial charge in [0.25, 0.3) is 0 Å². The van der Waals surface area contributed by atoms with E-state index < -0.39 is 0 Å². The van der Waals surface area contributed by atoms with Gasteiger partial charge in [0.1, 0.15) is 0 Å². The Balaban J connectivity index is 1.93. The number of rotatable bonds is 9. The van der Waals surface area contributed by atoms with Crippen molar-refractivity contribution in [2.75, 3.05) is 0 Å². The standard InChI is InChI=1S/C20H36N2/c1-4-6-7-8-9-10-12-16(3)18-15-22-14-11-13-19(21)20(22)17(18)5-2/h15-16,19H,4-14,21H2,1-3H3. The quantitative estimate of drug-likeness (QED) is 0.583. The molecule has 22 heavy (non-hydrogen) atoms. The van der Waals surface area contributed by atoms with E-state index in [9.17, 15) is 0 Å². The first kappa shape index (κ1) is 17.6. The molecule has 0 aliphatic carbocycles. The summed E-state index contributed by atoms with van der Waals surface area (Å²) >= 11 is 0. The summed E-state index contributed by atoms with van der Waals surface area (Å²) in [6.45, 7) is 8.16. The Morgan fingerprint density at radius 3 is 2.64 bits per heavy atom. The minimum atomic E-state index is 0.263. The second kappa shape index (κ2) is 8.76. The zero-order valence-corrected chi connectivity index (χ0v) is 15.0. The van der Waals surface area contributed by atoms with Crippen LogP contribution in [-0.2, 0) is 13.0 Å². The third-order valence-corrected chi connectivity index (χ3v) is 5.40. The number of nitrogens with zero attached hydrogens (tertiary/aromatic N) is 1. The van der Waals surface area contributed by atoms with Gasteiger partial charge in [-0.25, -0.2) is 0 Å². The third-order valence-electron chi connectivity index (χ3n) is 5.40. The molecule has 2 atom stereocenters. The molecule has 1 aliphatic rings. The average Bonchev–Trinajstić information content (AvgIpc) is 2.90. The minimum absolute atomic E-state index is 0.263. The first-order chi connectivity index (χ1) is 10.7. The van der Waals surface area contributed by atoms with Gasteiger partial charge >= 0.3 is 0 Å². The molecule has 2 N–H and O–H groups in total. The maximum absolute atomic E-state index is 6.38. The molecule has 2 heterocycles. The Morgan fingerprint density at radius 1 is 1.18 bits per heavy atom. The van der Waals surface area contributed by atoms with Crippen molar-refractivity contribution >= 4 is 0 Å². The van der Waals surface area contributed by atoms with Gasteiger partial charge < -0.3 is 10.3 Å². The van der Waals surface area contributed by atoms with Gasteiger partial charge in [-0.05, 0) is 42.7 Å². The lowest BCUT2D eigenvalue weighted by molar-refractivity contribution is 0.460. The molecule has 2 heteroatoms. The van der Waals surface area contributed by atoms with Crippen LogP contribution in [0.5, 0.6) is 0 Å². The second-order valence-electron chi connectivity index (χ2n) is 7.20. The number of hydrogen-bond acceptors (Lipinski definition) is 1. The van der Waals surface area contributed by atoms with Gasteiger partial charge in [-0.15, -0.1) is 0 Å². The van der Waals surface area contributed by atoms with E-state index in [-0.39, 0.29) is 6.04 Å². The predicted molar refractivity (Wildman–Crippen MR) is 96.4 cm³/mol. The van der Waals surface area contributed by atoms with Crippen LogP contribution in [0.15, 0.2) is 6.20 Å². The largest absolute Gasteiger partial charge is 0.349 e. The van der Waals surface area contributed by atoms with Crippen LogP contribution in [0.25, 0.3) is 0 Å². The molecule has 0 fully saturated rings. The van der Waals surface area contributed by atoms with Gasteiger partial charge in [0.2, 0.25) is 0 Å². The summed E-state index contributed by atoms with van der Waals surface area (Å²) in [7, 11) is 0. The van der Waals surface area contributed by atoms with E-state index >= 15 is 0 Å². The second-order valence-corrected chi connectivity index (χ2v) is 7.20. The number of nitrogens with two attached hydrogens (primary N) is 1. The fourth-order valence-electron chi connectivity index (χ4n) is 4.07. The summed E-state index contributed by atoms with van der Waals surface area (Å²) in [6, 6.07) is 0.263. The normalized spacial score (nSPS) is 19.2. The lowest BCUT2D eigenvalue weighted by Gasteiger charge is -2.23. The maximum Gasteiger partial charge on any atom is 0.0453 e. The highest BCUT2D eigenvalue weighted by atomic mass is 15.0. The third kappa shape index (κ3) is 4.16. The molecule has 0 aromatic carbocycles. The molecule has 0 radical (unpaired) electrons. The maximum atomic E-state index is 6.38. The van der Waals surface area contributed by atoms with E-state index in [1.165, 1.54) is 63.6 Å². The predicted octanol–water partition coefficient (Wildman–Crippen LogP) is 5.70. The SMILES string of the molecule is CCCCCCCCC(C)c1cn2c(c1CC)C(N)CCC2. The van der Waals surface area contributed by atoms with E-state index in [4.69, 9.17) is 5.73 Å². The molecule has 0 saturated carbocycles. The number of aryl methyl sites for hydroxylation is 1. The van der Waals surface area contributed by atoms with Crippen molar-refractivity contribution in [2.24, 2.45) is 5.73 Å². The van der Waals surface area contributed by atoms with Gasteiger partial charge in [-0.3, -0.25) is 0 Å². The van der Waals surface area contributed by atoms with Crippen molar-refractivity contribution in [1.82, 2.24) is 4.57 Å². The van der Waals surface area contributed by atoms with Crippen LogP contribution in [0.2, 0.25) is 0 Å². The molecular weight excluding hydrogens is 268 g/mol. The van der Waals surface area contributed by atoms with Crippen LogP contribution >= 0.6 is 0 Å². The Kier molecular flexibility index (Phi) is 7.01. The molecule has 0 bridgehead atoms. The highest BCUT2D eigenvalue weighted by molar-refractivity contribution is 5.37. The highest BCUT2D eigenvalue weighted by Gasteiger charge is 2.24. The van der Waals surface area contributed by atoms with Crippen molar-refractivity contribution in [3.63, 3.8) is 0 Å². The summed E-state index contributed by atoms with van der Waals surface area (Å²) < 4.78 is 2.46. The van der Waals surface area contributed by atoms with Gasteiger partial charge in [-0.1, -0.05) is 59.3 Å². The van der Waals surface area contributed by atoms with E-state index in [0.29, 0.717) is 5.92 Å². The summed E-state index contributed by atoms with van der Waals surface area (Å²) in [5, 5.41) is 0. The Morgan fingerprint density at radius 2 is 1.91 bits per heavy atom. The summed E-state index contributed by atoms with van der Waals surface area (Å²) in [5.41, 5.74) is 11.0. The van der Waals surface area contributed by atoms with Crippen molar-refractivity contribution < 1.29 is 0 Å². The molecule has 1 aromatic rings. The van der Waals surface area contributed by atoms with Crippen LogP contribution in [0.4, 0.5) is 0 Å². The molecule has 0 spiro atoms. The summed E-state index contributed by atoms with van der Waals surface area (Å²) in [5.74, 6) is 0.687. The fourth-order valence-corrected chi connectivity index (χ4v) is 4.07. The first-order valence-electron chi connectivity index (χ1n) is 9.66. The Labute approximate surface area is 137 Å². The van der Waals surface area contributed by atoms with E-state index in [1.54, 1.807) is 11.1 Å². The van der Waals surface area contributed by atoms with E-state index in [1.807, 2.05) is 0 Å². The zero-order chi connectivity index (χ0) is 15.9. The first-order valence-corrected chi connectivity index (χ1v) is 9.66. The van der Waals surface area contributed by atoms with Crippen molar-refractivity contribution in [3.05, 3.63) is 23.0 Å². The van der Waals surface area contributed by atoms with Gasteiger partial charge in [-0.2, -0.15) is 0 Å². The van der Waals surface area contributed by atoms with Crippen LogP contribution < -0.4 is 5.73 Å². The molecule has 1 aliphatic heterocycles. The molecule has 2 rings (SSSR count). The van der Waals surface area contributed by atoms with Gasteiger partial charge in [0.15, 0.2) is 0 Å². The van der Waals surface area contributed by atoms with Crippen molar-refractivity contribution in [2.45, 2.75) is 103 Å². The Hall–Kier alpha value is -0.760. The van der Waals surface area contributed by atoms with Crippen molar-refractivity contribution in [3.8, 4) is 0 Å². The smallest absolute Gasteiger partial charge is 0.0453 e. The molecule has 0 amide bonds. The lowest BCUT2D eigenvalue weighted by atomic mass is 9.90. The Bertz CT molecular complexity index is 447. The number of unbranched alkanes of at least 4 members (excludes halogenated alkanes) is 5. The summed E-state index contributed by atoms with van der Waals surface area (Å²) in [4.78, 5) is 0. The monoisotopic (exact) mass is 304 g/mol. The molecule has 1 aromatic heterocycles. The number of aromatic nitrogens is 1. The lowest BCUT2D eigenvalue weighted by Crippen LogP contribution is -2.22. The van der Waals surface area contributed by atoms with E-state index in [2.05, 4.69) is 31.5 Å². The van der Waals surface area contributed by atoms with Crippen LogP contribution in [0, 0.1) is 0 Å². The zero-order valence-electron chi connectivity index (χ0n) is 15.0. The van der Waals surface area contributed by atoms with Crippen molar-refractivity contribution in [1.29, 1.82) is 0 Å². The van der Waals surface area contributed by atoms with Crippen LogP contribution in [0.3, 0.4) is 0 Å². The van der Waals surface area contributed by atoms with Crippen LogP contribution in [-0.4, -0.2) is 4.57 Å². The fraction of sp³-hybridized carbons (Fsp3) is 0.800. The summed E-state index contributed by atoms with van der Waals surface area (Å²) in [6.07, 6.45) is 15.6. The molecule has 126 valence electrons. The van der Waals surface area contributed by atoms with Crippen LogP contribution in [0.1, 0.15) is 107 Å². The number of hydrogen-bond donors (Lipinski definition) is 1. The number of fused-ring (bicyclic) bond motifs is 1.